The van der Waals surface area contributed by atoms with Crippen LogP contribution in [-0.2, 0) is 7.05 Å². The van der Waals surface area contributed by atoms with Gasteiger partial charge in [0.25, 0.3) is 5.56 Å². The Hall–Kier alpha value is -2.24. The van der Waals surface area contributed by atoms with E-state index in [4.69, 9.17) is 0 Å². The van der Waals surface area contributed by atoms with Gasteiger partial charge in [-0.25, -0.2) is 4.31 Å². The molecule has 1 N–H and O–H groups in total. The molecule has 0 unspecified atom stereocenters. The van der Waals surface area contributed by atoms with E-state index in [2.05, 4.69) is 16.9 Å². The highest BCUT2D eigenvalue weighted by Crippen LogP contribution is 2.29. The van der Waals surface area contributed by atoms with E-state index >= 15 is 0 Å². The lowest BCUT2D eigenvalue weighted by molar-refractivity contribution is 0.706. The molecular weight excluding hydrogens is 306 g/mol. The van der Waals surface area contributed by atoms with Gasteiger partial charge in [0.2, 0.25) is 0 Å². The molecule has 0 bridgehead atoms. The molecule has 1 heterocycles. The zero-order valence-electron chi connectivity index (χ0n) is 13.4. The summed E-state index contributed by atoms with van der Waals surface area (Å²) in [6, 6.07) is 16.0. The molecule has 0 atom stereocenters. The van der Waals surface area contributed by atoms with Crippen LogP contribution >= 0.6 is 12.1 Å². The van der Waals surface area contributed by atoms with Gasteiger partial charge >= 0.3 is 0 Å². The summed E-state index contributed by atoms with van der Waals surface area (Å²) in [6.45, 7) is 0. The van der Waals surface area contributed by atoms with Gasteiger partial charge < -0.3 is 9.29 Å². The van der Waals surface area contributed by atoms with Crippen LogP contribution in [0.1, 0.15) is 0 Å². The molecule has 0 amide bonds. The van der Waals surface area contributed by atoms with E-state index in [1.807, 2.05) is 61.0 Å². The van der Waals surface area contributed by atoms with Crippen molar-refractivity contribution in [2.45, 2.75) is 0 Å². The topological polar surface area (TPSA) is 37.3 Å². The zero-order chi connectivity index (χ0) is 16.4. The molecule has 0 aliphatic heterocycles. The van der Waals surface area contributed by atoms with Crippen molar-refractivity contribution >= 4 is 28.6 Å². The smallest absolute Gasteiger partial charge is 0.258 e. The average Bonchev–Trinajstić information content (AvgIpc) is 2.56. The molecule has 0 fully saturated rings. The fourth-order valence-electron chi connectivity index (χ4n) is 2.54. The van der Waals surface area contributed by atoms with Gasteiger partial charge in [-0.15, -0.1) is 0 Å². The third-order valence-corrected chi connectivity index (χ3v) is 4.30. The first-order valence-electron chi connectivity index (χ1n) is 7.35. The fourth-order valence-corrected chi connectivity index (χ4v) is 2.96. The summed E-state index contributed by atoms with van der Waals surface area (Å²) in [5.74, 6) is 0. The van der Waals surface area contributed by atoms with Crippen LogP contribution < -0.4 is 10.3 Å². The molecule has 3 rings (SSSR count). The van der Waals surface area contributed by atoms with Crippen molar-refractivity contribution in [3.05, 3.63) is 65.1 Å². The number of rotatable bonds is 4. The fraction of sp³-hybridized carbons (Fsp3) is 0.167. The van der Waals surface area contributed by atoms with E-state index in [1.54, 1.807) is 11.6 Å². The number of pyridine rings is 1. The quantitative estimate of drug-likeness (QED) is 0.742. The molecule has 0 aliphatic carbocycles. The number of nitrogens with zero attached hydrogens (tertiary/aromatic N) is 2. The maximum Gasteiger partial charge on any atom is 0.258 e. The maximum atomic E-state index is 12.3. The number of hydrogen-bond donors (Lipinski definition) is 1. The Morgan fingerprint density at radius 3 is 2.52 bits per heavy atom. The SMILES string of the molecule is CN(C)SNc1cccc(-c2cn(C)c(=O)c3ccccc23)c1. The Morgan fingerprint density at radius 1 is 1.04 bits per heavy atom. The second-order valence-electron chi connectivity index (χ2n) is 5.59. The molecule has 0 spiro atoms. The van der Waals surface area contributed by atoms with Crippen LogP contribution in [0.5, 0.6) is 0 Å². The van der Waals surface area contributed by atoms with E-state index < -0.39 is 0 Å². The molecule has 2 aromatic carbocycles. The van der Waals surface area contributed by atoms with E-state index in [0.29, 0.717) is 0 Å². The predicted molar refractivity (Wildman–Crippen MR) is 99.5 cm³/mol. The molecule has 0 saturated heterocycles. The molecule has 3 aromatic rings. The van der Waals surface area contributed by atoms with Crippen LogP contribution in [0.15, 0.2) is 59.5 Å². The Balaban J connectivity index is 2.12. The molecule has 5 heteroatoms. The van der Waals surface area contributed by atoms with Crippen molar-refractivity contribution in [2.24, 2.45) is 7.05 Å². The van der Waals surface area contributed by atoms with Crippen molar-refractivity contribution in [3.8, 4) is 11.1 Å². The molecule has 0 radical (unpaired) electrons. The molecule has 0 aliphatic rings. The highest BCUT2D eigenvalue weighted by molar-refractivity contribution is 7.98. The van der Waals surface area contributed by atoms with Crippen molar-refractivity contribution in [1.29, 1.82) is 0 Å². The van der Waals surface area contributed by atoms with Crippen LogP contribution in [0.25, 0.3) is 21.9 Å². The monoisotopic (exact) mass is 325 g/mol. The summed E-state index contributed by atoms with van der Waals surface area (Å²) >= 11 is 1.53. The first kappa shape index (κ1) is 15.6. The van der Waals surface area contributed by atoms with Gasteiger partial charge in [-0.05, 0) is 43.2 Å². The van der Waals surface area contributed by atoms with Crippen molar-refractivity contribution < 1.29 is 0 Å². The summed E-state index contributed by atoms with van der Waals surface area (Å²) in [4.78, 5) is 12.3. The summed E-state index contributed by atoms with van der Waals surface area (Å²) in [5, 5.41) is 1.72. The first-order valence-corrected chi connectivity index (χ1v) is 8.13. The van der Waals surface area contributed by atoms with Crippen LogP contribution in [0.2, 0.25) is 0 Å². The van der Waals surface area contributed by atoms with E-state index in [1.165, 1.54) is 12.1 Å². The summed E-state index contributed by atoms with van der Waals surface area (Å²) in [6.07, 6.45) is 1.91. The van der Waals surface area contributed by atoms with Crippen molar-refractivity contribution in [2.75, 3.05) is 18.8 Å². The summed E-state index contributed by atoms with van der Waals surface area (Å²) < 4.78 is 6.94. The van der Waals surface area contributed by atoms with Crippen molar-refractivity contribution in [1.82, 2.24) is 8.87 Å². The highest BCUT2D eigenvalue weighted by atomic mass is 32.2. The van der Waals surface area contributed by atoms with Gasteiger partial charge in [0.1, 0.15) is 0 Å². The number of anilines is 1. The Morgan fingerprint density at radius 2 is 1.78 bits per heavy atom. The Bertz CT molecular complexity index is 902. The Labute approximate surface area is 140 Å². The summed E-state index contributed by atoms with van der Waals surface area (Å²) in [5.41, 5.74) is 3.20. The normalized spacial score (nSPS) is 11.1. The minimum Gasteiger partial charge on any atom is -0.317 e. The van der Waals surface area contributed by atoms with Crippen molar-refractivity contribution in [3.63, 3.8) is 0 Å². The van der Waals surface area contributed by atoms with Gasteiger partial charge in [-0.1, -0.05) is 30.3 Å². The second kappa shape index (κ2) is 6.48. The summed E-state index contributed by atoms with van der Waals surface area (Å²) in [7, 11) is 5.77. The number of nitrogens with one attached hydrogen (secondary N) is 1. The standard InChI is InChI=1S/C18H19N3OS/c1-20(2)23-19-14-8-6-7-13(11-14)17-12-21(3)18(22)16-10-5-4-9-15(16)17/h4-12,19H,1-3H3. The highest BCUT2D eigenvalue weighted by Gasteiger charge is 2.09. The second-order valence-corrected chi connectivity index (χ2v) is 6.71. The predicted octanol–water partition coefficient (Wildman–Crippen LogP) is 3.74. The number of fused-ring (bicyclic) bond motifs is 1. The van der Waals surface area contributed by atoms with Gasteiger partial charge in [0, 0.05) is 42.0 Å². The van der Waals surface area contributed by atoms with E-state index in [9.17, 15) is 4.79 Å². The Kier molecular flexibility index (Phi) is 4.41. The van der Waals surface area contributed by atoms with Gasteiger partial charge in [0.15, 0.2) is 0 Å². The largest absolute Gasteiger partial charge is 0.317 e. The maximum absolute atomic E-state index is 12.3. The molecule has 4 nitrogen and oxygen atoms in total. The number of aromatic nitrogens is 1. The zero-order valence-corrected chi connectivity index (χ0v) is 14.2. The van der Waals surface area contributed by atoms with Gasteiger partial charge in [-0.3, -0.25) is 4.79 Å². The molecule has 1 aromatic heterocycles. The van der Waals surface area contributed by atoms with Crippen LogP contribution in [0, 0.1) is 0 Å². The molecule has 118 valence electrons. The van der Waals surface area contributed by atoms with Crippen LogP contribution in [-0.4, -0.2) is 23.0 Å². The minimum absolute atomic E-state index is 0.0294. The molecular formula is C18H19N3OS. The molecule has 23 heavy (non-hydrogen) atoms. The lowest BCUT2D eigenvalue weighted by Gasteiger charge is -2.13. The minimum atomic E-state index is 0.0294. The average molecular weight is 325 g/mol. The number of aryl methyl sites for hydroxylation is 1. The number of benzene rings is 2. The lowest BCUT2D eigenvalue weighted by Crippen LogP contribution is -2.16. The van der Waals surface area contributed by atoms with Crippen LogP contribution in [0.3, 0.4) is 0 Å². The van der Waals surface area contributed by atoms with Crippen LogP contribution in [0.4, 0.5) is 5.69 Å². The van der Waals surface area contributed by atoms with E-state index in [-0.39, 0.29) is 5.56 Å². The third kappa shape index (κ3) is 3.25. The lowest BCUT2D eigenvalue weighted by atomic mass is 10.0. The first-order chi connectivity index (χ1) is 11.1. The van der Waals surface area contributed by atoms with Gasteiger partial charge in [-0.2, -0.15) is 0 Å². The number of hydrogen-bond acceptors (Lipinski definition) is 4. The third-order valence-electron chi connectivity index (χ3n) is 3.61. The molecule has 0 saturated carbocycles. The van der Waals surface area contributed by atoms with Gasteiger partial charge in [0.05, 0.1) is 0 Å². The van der Waals surface area contributed by atoms with E-state index in [0.717, 1.165) is 27.6 Å².